The summed E-state index contributed by atoms with van der Waals surface area (Å²) in [5, 5.41) is 9.52. The molecule has 110 valence electrons. The Balaban J connectivity index is 2.33. The summed E-state index contributed by atoms with van der Waals surface area (Å²) in [6.45, 7) is 1.77. The molecule has 1 unspecified atom stereocenters. The molecular weight excluding hydrogens is 278 g/mol. The lowest BCUT2D eigenvalue weighted by Crippen LogP contribution is -2.37. The monoisotopic (exact) mass is 297 g/mol. The number of piperidine rings is 1. The second-order valence-electron chi connectivity index (χ2n) is 5.23. The van der Waals surface area contributed by atoms with Crippen molar-refractivity contribution in [3.63, 3.8) is 0 Å². The first-order valence-corrected chi connectivity index (χ1v) is 7.15. The zero-order valence-corrected chi connectivity index (χ0v) is 12.1. The number of benzene rings is 1. The standard InChI is InChI=1S/C14H20ClN3O2/c15-12-7-10(16)6-11(14(17)20)13(12)18-4-1-2-9(8-18)3-5-19/h6-7,9,19H,1-5,8,16H2,(H2,17,20). The molecule has 1 atom stereocenters. The van der Waals surface area contributed by atoms with Crippen LogP contribution in [0.4, 0.5) is 11.4 Å². The molecule has 5 nitrogen and oxygen atoms in total. The van der Waals surface area contributed by atoms with Crippen molar-refractivity contribution in [2.45, 2.75) is 19.3 Å². The minimum Gasteiger partial charge on any atom is -0.399 e. The van der Waals surface area contributed by atoms with Gasteiger partial charge in [0.1, 0.15) is 0 Å². The molecule has 0 aliphatic carbocycles. The normalized spacial score (nSPS) is 19.1. The third-order valence-corrected chi connectivity index (χ3v) is 4.01. The number of anilines is 2. The van der Waals surface area contributed by atoms with Gasteiger partial charge in [-0.25, -0.2) is 0 Å². The lowest BCUT2D eigenvalue weighted by molar-refractivity contribution is 0.100. The highest BCUT2D eigenvalue weighted by atomic mass is 35.5. The first-order valence-electron chi connectivity index (χ1n) is 6.77. The molecular formula is C14H20ClN3O2. The van der Waals surface area contributed by atoms with Gasteiger partial charge in [-0.05, 0) is 37.3 Å². The minimum absolute atomic E-state index is 0.177. The number of hydrogen-bond acceptors (Lipinski definition) is 4. The van der Waals surface area contributed by atoms with E-state index in [1.165, 1.54) is 0 Å². The van der Waals surface area contributed by atoms with Crippen LogP contribution in [-0.4, -0.2) is 30.7 Å². The van der Waals surface area contributed by atoms with E-state index in [9.17, 15) is 4.79 Å². The van der Waals surface area contributed by atoms with E-state index >= 15 is 0 Å². The van der Waals surface area contributed by atoms with Crippen LogP contribution in [0.15, 0.2) is 12.1 Å². The molecule has 6 heteroatoms. The lowest BCUT2D eigenvalue weighted by Gasteiger charge is -2.35. The van der Waals surface area contributed by atoms with Gasteiger partial charge in [0.2, 0.25) is 0 Å². The maximum absolute atomic E-state index is 11.6. The number of carbonyl (C=O) groups excluding carboxylic acids is 1. The number of hydrogen-bond donors (Lipinski definition) is 3. The van der Waals surface area contributed by atoms with Crippen molar-refractivity contribution in [2.75, 3.05) is 30.3 Å². The number of rotatable bonds is 4. The van der Waals surface area contributed by atoms with Crippen molar-refractivity contribution in [1.82, 2.24) is 0 Å². The van der Waals surface area contributed by atoms with Gasteiger partial charge in [-0.2, -0.15) is 0 Å². The van der Waals surface area contributed by atoms with Crippen LogP contribution < -0.4 is 16.4 Å². The Morgan fingerprint density at radius 3 is 2.90 bits per heavy atom. The highest BCUT2D eigenvalue weighted by Gasteiger charge is 2.25. The summed E-state index contributed by atoms with van der Waals surface area (Å²) in [7, 11) is 0. The summed E-state index contributed by atoms with van der Waals surface area (Å²) in [6.07, 6.45) is 2.84. The Bertz CT molecular complexity index is 505. The summed E-state index contributed by atoms with van der Waals surface area (Å²) < 4.78 is 0. The Morgan fingerprint density at radius 1 is 1.50 bits per heavy atom. The Morgan fingerprint density at radius 2 is 2.25 bits per heavy atom. The van der Waals surface area contributed by atoms with Gasteiger partial charge in [-0.15, -0.1) is 0 Å². The number of aliphatic hydroxyl groups is 1. The molecule has 0 spiro atoms. The first-order chi connectivity index (χ1) is 9.52. The van der Waals surface area contributed by atoms with Crippen LogP contribution in [0, 0.1) is 5.92 Å². The molecule has 1 fully saturated rings. The molecule has 1 aliphatic rings. The molecule has 1 aromatic rings. The van der Waals surface area contributed by atoms with Gasteiger partial charge in [-0.3, -0.25) is 4.79 Å². The molecule has 0 radical (unpaired) electrons. The molecule has 1 saturated heterocycles. The number of nitrogens with zero attached hydrogens (tertiary/aromatic N) is 1. The molecule has 1 aromatic carbocycles. The minimum atomic E-state index is -0.529. The van der Waals surface area contributed by atoms with Crippen LogP contribution in [0.5, 0.6) is 0 Å². The Hall–Kier alpha value is -1.46. The molecule has 0 saturated carbocycles. The quantitative estimate of drug-likeness (QED) is 0.736. The van der Waals surface area contributed by atoms with Crippen molar-refractivity contribution in [1.29, 1.82) is 0 Å². The van der Waals surface area contributed by atoms with Crippen molar-refractivity contribution in [3.8, 4) is 0 Å². The lowest BCUT2D eigenvalue weighted by atomic mass is 9.94. The third-order valence-electron chi connectivity index (χ3n) is 3.72. The molecule has 1 aliphatic heterocycles. The average molecular weight is 298 g/mol. The second kappa shape index (κ2) is 6.33. The Kier molecular flexibility index (Phi) is 4.73. The van der Waals surface area contributed by atoms with Gasteiger partial charge in [0.15, 0.2) is 0 Å². The van der Waals surface area contributed by atoms with E-state index in [0.717, 1.165) is 32.4 Å². The van der Waals surface area contributed by atoms with Gasteiger partial charge < -0.3 is 21.5 Å². The fraction of sp³-hybridized carbons (Fsp3) is 0.500. The maximum Gasteiger partial charge on any atom is 0.250 e. The highest BCUT2D eigenvalue weighted by molar-refractivity contribution is 6.34. The topological polar surface area (TPSA) is 92.6 Å². The number of carbonyl (C=O) groups is 1. The maximum atomic E-state index is 11.6. The van der Waals surface area contributed by atoms with Crippen LogP contribution in [0.2, 0.25) is 5.02 Å². The van der Waals surface area contributed by atoms with E-state index in [4.69, 9.17) is 28.2 Å². The molecule has 20 heavy (non-hydrogen) atoms. The second-order valence-corrected chi connectivity index (χ2v) is 5.64. The molecule has 1 amide bonds. The van der Waals surface area contributed by atoms with E-state index in [-0.39, 0.29) is 6.61 Å². The third kappa shape index (κ3) is 3.16. The smallest absolute Gasteiger partial charge is 0.250 e. The Labute approximate surface area is 123 Å². The van der Waals surface area contributed by atoms with E-state index in [1.807, 2.05) is 0 Å². The fourth-order valence-corrected chi connectivity index (χ4v) is 3.16. The number of amides is 1. The van der Waals surface area contributed by atoms with E-state index in [2.05, 4.69) is 4.90 Å². The predicted octanol–water partition coefficient (Wildman–Crippen LogP) is 1.62. The zero-order valence-electron chi connectivity index (χ0n) is 11.3. The fourth-order valence-electron chi connectivity index (χ4n) is 2.82. The summed E-state index contributed by atoms with van der Waals surface area (Å²) in [6, 6.07) is 3.21. The summed E-state index contributed by atoms with van der Waals surface area (Å²) >= 11 is 6.26. The number of primary amides is 1. The largest absolute Gasteiger partial charge is 0.399 e. The van der Waals surface area contributed by atoms with Crippen molar-refractivity contribution >= 4 is 28.9 Å². The summed E-state index contributed by atoms with van der Waals surface area (Å²) in [5.74, 6) is -0.124. The van der Waals surface area contributed by atoms with Gasteiger partial charge in [0.25, 0.3) is 5.91 Å². The molecule has 5 N–H and O–H groups in total. The zero-order chi connectivity index (χ0) is 14.7. The van der Waals surface area contributed by atoms with E-state index in [0.29, 0.717) is 27.9 Å². The number of nitrogens with two attached hydrogens (primary N) is 2. The molecule has 0 bridgehead atoms. The summed E-state index contributed by atoms with van der Waals surface area (Å²) in [4.78, 5) is 13.7. The highest BCUT2D eigenvalue weighted by Crippen LogP contribution is 2.35. The van der Waals surface area contributed by atoms with Gasteiger partial charge >= 0.3 is 0 Å². The van der Waals surface area contributed by atoms with Crippen LogP contribution in [0.25, 0.3) is 0 Å². The summed E-state index contributed by atoms with van der Waals surface area (Å²) in [5.41, 5.74) is 12.6. The van der Waals surface area contributed by atoms with Crippen LogP contribution >= 0.6 is 11.6 Å². The number of aliphatic hydroxyl groups excluding tert-OH is 1. The van der Waals surface area contributed by atoms with Gasteiger partial charge in [0.05, 0.1) is 16.3 Å². The van der Waals surface area contributed by atoms with E-state index in [1.54, 1.807) is 12.1 Å². The van der Waals surface area contributed by atoms with Gasteiger partial charge in [0, 0.05) is 25.4 Å². The van der Waals surface area contributed by atoms with Crippen LogP contribution in [0.1, 0.15) is 29.6 Å². The molecule has 0 aromatic heterocycles. The first kappa shape index (κ1) is 14.9. The van der Waals surface area contributed by atoms with Crippen molar-refractivity contribution in [3.05, 3.63) is 22.7 Å². The average Bonchev–Trinajstić information content (AvgIpc) is 2.38. The molecule has 2 rings (SSSR count). The number of halogens is 1. The van der Waals surface area contributed by atoms with Crippen LogP contribution in [0.3, 0.4) is 0 Å². The SMILES string of the molecule is NC(=O)c1cc(N)cc(Cl)c1N1CCCC(CCO)C1. The van der Waals surface area contributed by atoms with E-state index < -0.39 is 5.91 Å². The van der Waals surface area contributed by atoms with Gasteiger partial charge in [-0.1, -0.05) is 11.6 Å². The number of nitrogen functional groups attached to an aromatic ring is 1. The molecule has 1 heterocycles. The van der Waals surface area contributed by atoms with Crippen molar-refractivity contribution < 1.29 is 9.90 Å². The predicted molar refractivity (Wildman–Crippen MR) is 81.0 cm³/mol. The van der Waals surface area contributed by atoms with Crippen molar-refractivity contribution in [2.24, 2.45) is 11.7 Å². The van der Waals surface area contributed by atoms with Crippen LogP contribution in [-0.2, 0) is 0 Å².